The molecule has 1 aromatic carbocycles. The van der Waals surface area contributed by atoms with Gasteiger partial charge in [-0.05, 0) is 43.2 Å². The monoisotopic (exact) mass is 452 g/mol. The molecule has 0 bridgehead atoms. The highest BCUT2D eigenvalue weighted by Gasteiger charge is 2.50. The number of rotatable bonds is 4. The second kappa shape index (κ2) is 8.92. The van der Waals surface area contributed by atoms with Crippen molar-refractivity contribution in [3.63, 3.8) is 0 Å². The molecule has 176 valence electrons. The van der Waals surface area contributed by atoms with Gasteiger partial charge in [-0.25, -0.2) is 0 Å². The number of benzene rings is 1. The third kappa shape index (κ3) is 3.85. The van der Waals surface area contributed by atoms with Crippen molar-refractivity contribution in [3.8, 4) is 0 Å². The summed E-state index contributed by atoms with van der Waals surface area (Å²) in [6, 6.07) is 7.49. The number of carboxylic acids is 1. The lowest BCUT2D eigenvalue weighted by Gasteiger charge is -2.42. The molecule has 3 unspecified atom stereocenters. The number of hydrogen-bond donors (Lipinski definition) is 1. The first-order chi connectivity index (χ1) is 16.0. The fourth-order valence-electron chi connectivity index (χ4n) is 6.63. The Morgan fingerprint density at radius 1 is 0.879 bits per heavy atom. The molecule has 7 heteroatoms. The zero-order chi connectivity index (χ0) is 23.1. The van der Waals surface area contributed by atoms with Gasteiger partial charge in [0.1, 0.15) is 0 Å². The van der Waals surface area contributed by atoms with Gasteiger partial charge in [0.25, 0.3) is 0 Å². The van der Waals surface area contributed by atoms with Gasteiger partial charge >= 0.3 is 5.97 Å². The maximum Gasteiger partial charge on any atom is 0.307 e. The van der Waals surface area contributed by atoms with Crippen LogP contribution in [0.3, 0.4) is 0 Å². The van der Waals surface area contributed by atoms with E-state index < -0.39 is 23.8 Å². The molecule has 1 saturated heterocycles. The number of imide groups is 1. The first-order valence-corrected chi connectivity index (χ1v) is 12.4. The van der Waals surface area contributed by atoms with E-state index in [0.717, 1.165) is 49.7 Å². The van der Waals surface area contributed by atoms with Crippen LogP contribution in [0.25, 0.3) is 0 Å². The van der Waals surface area contributed by atoms with E-state index in [2.05, 4.69) is 0 Å². The van der Waals surface area contributed by atoms with E-state index in [-0.39, 0.29) is 36.1 Å². The standard InChI is InChI=1S/C26H32N2O5/c29-23(20-11-5-6-12-21(20)26(32)33)27-14-13-16-7-1-2-8-17(16)22(27)15-28-24(30)18-9-3-4-10-19(18)25(28)31/h1-2,7-8,18-22H,3-6,9-15H2,(H,32,33)/t18-,19+,20?,21?,22?. The molecule has 2 saturated carbocycles. The number of aliphatic carboxylic acids is 1. The van der Waals surface area contributed by atoms with Crippen molar-refractivity contribution in [3.05, 3.63) is 35.4 Å². The smallest absolute Gasteiger partial charge is 0.307 e. The number of carboxylic acid groups (broad SMARTS) is 1. The summed E-state index contributed by atoms with van der Waals surface area (Å²) in [4.78, 5) is 55.2. The van der Waals surface area contributed by atoms with Crippen LogP contribution in [0.1, 0.15) is 68.5 Å². The summed E-state index contributed by atoms with van der Waals surface area (Å²) in [5.41, 5.74) is 2.09. The number of carbonyl (C=O) groups excluding carboxylic acids is 3. The van der Waals surface area contributed by atoms with Gasteiger partial charge in [0.15, 0.2) is 0 Å². The van der Waals surface area contributed by atoms with Crippen LogP contribution in [-0.2, 0) is 25.6 Å². The highest BCUT2D eigenvalue weighted by atomic mass is 16.4. The number of fused-ring (bicyclic) bond motifs is 2. The van der Waals surface area contributed by atoms with Crippen molar-refractivity contribution >= 4 is 23.7 Å². The Bertz CT molecular complexity index is 951. The molecule has 0 aromatic heterocycles. The number of amides is 3. The molecule has 4 aliphatic rings. The Balaban J connectivity index is 1.45. The van der Waals surface area contributed by atoms with Crippen LogP contribution in [0.2, 0.25) is 0 Å². The van der Waals surface area contributed by atoms with Crippen LogP contribution in [0, 0.1) is 23.7 Å². The molecular formula is C26H32N2O5. The van der Waals surface area contributed by atoms with Crippen molar-refractivity contribution in [2.45, 2.75) is 63.8 Å². The van der Waals surface area contributed by atoms with Gasteiger partial charge in [-0.15, -0.1) is 0 Å². The van der Waals surface area contributed by atoms with Crippen molar-refractivity contribution in [1.82, 2.24) is 9.80 Å². The van der Waals surface area contributed by atoms with Crippen molar-refractivity contribution in [2.75, 3.05) is 13.1 Å². The molecule has 0 spiro atoms. The molecule has 33 heavy (non-hydrogen) atoms. The van der Waals surface area contributed by atoms with Gasteiger partial charge in [0.05, 0.1) is 36.3 Å². The first kappa shape index (κ1) is 22.1. The molecule has 1 N–H and O–H groups in total. The normalized spacial score (nSPS) is 31.8. The number of carbonyl (C=O) groups is 4. The lowest BCUT2D eigenvalue weighted by molar-refractivity contribution is -0.154. The fourth-order valence-corrected chi connectivity index (χ4v) is 6.63. The van der Waals surface area contributed by atoms with Crippen LogP contribution < -0.4 is 0 Å². The molecule has 0 radical (unpaired) electrons. The first-order valence-electron chi connectivity index (χ1n) is 12.4. The van der Waals surface area contributed by atoms with E-state index >= 15 is 0 Å². The SMILES string of the molecule is O=C(O)C1CCCCC1C(=O)N1CCc2ccccc2C1CN1C(=O)[C@H]2CCCC[C@H]2C1=O. The third-order valence-electron chi connectivity index (χ3n) is 8.38. The van der Waals surface area contributed by atoms with Crippen LogP contribution in [0.4, 0.5) is 0 Å². The average molecular weight is 453 g/mol. The molecule has 2 aliphatic heterocycles. The van der Waals surface area contributed by atoms with Gasteiger partial charge in [0.2, 0.25) is 17.7 Å². The number of hydrogen-bond acceptors (Lipinski definition) is 4. The molecule has 3 amide bonds. The largest absolute Gasteiger partial charge is 0.481 e. The fraction of sp³-hybridized carbons (Fsp3) is 0.615. The summed E-state index contributed by atoms with van der Waals surface area (Å²) in [6.07, 6.45) is 6.94. The Morgan fingerprint density at radius 3 is 2.15 bits per heavy atom. The Morgan fingerprint density at radius 2 is 1.48 bits per heavy atom. The van der Waals surface area contributed by atoms with Crippen LogP contribution in [0.5, 0.6) is 0 Å². The van der Waals surface area contributed by atoms with Gasteiger partial charge in [-0.2, -0.15) is 0 Å². The lowest BCUT2D eigenvalue weighted by Crippen LogP contribution is -2.50. The Hall–Kier alpha value is -2.70. The lowest BCUT2D eigenvalue weighted by atomic mass is 9.77. The van der Waals surface area contributed by atoms with Crippen LogP contribution in [0.15, 0.2) is 24.3 Å². The van der Waals surface area contributed by atoms with Gasteiger partial charge < -0.3 is 10.0 Å². The van der Waals surface area contributed by atoms with E-state index in [1.165, 1.54) is 4.90 Å². The van der Waals surface area contributed by atoms with Gasteiger partial charge in [-0.1, -0.05) is 49.9 Å². The minimum atomic E-state index is -0.906. The van der Waals surface area contributed by atoms with Crippen LogP contribution in [-0.4, -0.2) is 51.7 Å². The Kier molecular flexibility index (Phi) is 5.97. The molecule has 3 fully saturated rings. The molecule has 1 aromatic rings. The van der Waals surface area contributed by atoms with E-state index in [1.807, 2.05) is 24.3 Å². The quantitative estimate of drug-likeness (QED) is 0.708. The second-order valence-electron chi connectivity index (χ2n) is 10.1. The summed E-state index contributed by atoms with van der Waals surface area (Å²) in [5.74, 6) is -2.89. The zero-order valence-corrected chi connectivity index (χ0v) is 18.9. The zero-order valence-electron chi connectivity index (χ0n) is 18.9. The maximum atomic E-state index is 13.8. The molecule has 5 rings (SSSR count). The summed E-state index contributed by atoms with van der Waals surface area (Å²) < 4.78 is 0. The average Bonchev–Trinajstić information content (AvgIpc) is 3.08. The Labute approximate surface area is 194 Å². The highest BCUT2D eigenvalue weighted by molar-refractivity contribution is 6.05. The highest BCUT2D eigenvalue weighted by Crippen LogP contribution is 2.41. The number of nitrogens with zero attached hydrogens (tertiary/aromatic N) is 2. The maximum absolute atomic E-state index is 13.8. The predicted octanol–water partition coefficient (Wildman–Crippen LogP) is 3.18. The van der Waals surface area contributed by atoms with E-state index in [4.69, 9.17) is 0 Å². The third-order valence-corrected chi connectivity index (χ3v) is 8.38. The summed E-state index contributed by atoms with van der Waals surface area (Å²) in [7, 11) is 0. The summed E-state index contributed by atoms with van der Waals surface area (Å²) in [6.45, 7) is 0.643. The van der Waals surface area contributed by atoms with E-state index in [0.29, 0.717) is 25.8 Å². The van der Waals surface area contributed by atoms with Gasteiger partial charge in [-0.3, -0.25) is 24.1 Å². The second-order valence-corrected chi connectivity index (χ2v) is 10.1. The van der Waals surface area contributed by atoms with E-state index in [1.54, 1.807) is 4.90 Å². The summed E-state index contributed by atoms with van der Waals surface area (Å²) >= 11 is 0. The summed E-state index contributed by atoms with van der Waals surface area (Å²) in [5, 5.41) is 9.73. The van der Waals surface area contributed by atoms with E-state index in [9.17, 15) is 24.3 Å². The minimum absolute atomic E-state index is 0.0961. The topological polar surface area (TPSA) is 95.0 Å². The molecule has 7 nitrogen and oxygen atoms in total. The number of likely N-dealkylation sites (tertiary alicyclic amines) is 1. The van der Waals surface area contributed by atoms with Gasteiger partial charge in [0, 0.05) is 6.54 Å². The predicted molar refractivity (Wildman–Crippen MR) is 120 cm³/mol. The van der Waals surface area contributed by atoms with Crippen molar-refractivity contribution in [1.29, 1.82) is 0 Å². The molecular weight excluding hydrogens is 420 g/mol. The minimum Gasteiger partial charge on any atom is -0.481 e. The molecule has 2 heterocycles. The van der Waals surface area contributed by atoms with Crippen molar-refractivity contribution in [2.24, 2.45) is 23.7 Å². The molecule has 2 aliphatic carbocycles. The molecule has 5 atom stereocenters. The van der Waals surface area contributed by atoms with Crippen molar-refractivity contribution < 1.29 is 24.3 Å². The van der Waals surface area contributed by atoms with Crippen LogP contribution >= 0.6 is 0 Å².